The number of hydrogen-bond acceptors (Lipinski definition) is 3. The summed E-state index contributed by atoms with van der Waals surface area (Å²) >= 11 is 5.69. The first-order chi connectivity index (χ1) is 8.59. The van der Waals surface area contributed by atoms with Gasteiger partial charge in [0.1, 0.15) is 11.2 Å². The Morgan fingerprint density at radius 3 is 2.89 bits per heavy atom. The number of nitriles is 1. The minimum atomic E-state index is -1.03. The number of ether oxygens (including phenoxy) is 1. The molecule has 0 amide bonds. The van der Waals surface area contributed by atoms with Crippen LogP contribution in [-0.2, 0) is 4.74 Å². The van der Waals surface area contributed by atoms with Crippen molar-refractivity contribution in [1.29, 1.82) is 5.26 Å². The van der Waals surface area contributed by atoms with E-state index in [1.807, 2.05) is 0 Å². The van der Waals surface area contributed by atoms with Gasteiger partial charge < -0.3 is 9.84 Å². The van der Waals surface area contributed by atoms with E-state index in [1.165, 1.54) is 18.2 Å². The summed E-state index contributed by atoms with van der Waals surface area (Å²) in [6.07, 6.45) is 0.250. The molecule has 1 N–H and O–H groups in total. The van der Waals surface area contributed by atoms with Crippen LogP contribution in [0.25, 0.3) is 0 Å². The smallest absolute Gasteiger partial charge is 0.141 e. The van der Waals surface area contributed by atoms with Gasteiger partial charge in [-0.25, -0.2) is 4.39 Å². The van der Waals surface area contributed by atoms with E-state index in [-0.39, 0.29) is 11.6 Å². The van der Waals surface area contributed by atoms with Crippen molar-refractivity contribution in [2.45, 2.75) is 18.9 Å². The molecular formula is C13H13ClFNO2. The molecule has 1 aliphatic rings. The number of nitrogens with zero attached hydrogens (tertiary/aromatic N) is 1. The van der Waals surface area contributed by atoms with E-state index in [4.69, 9.17) is 16.3 Å². The number of halogens is 2. The second-order valence-electron chi connectivity index (χ2n) is 4.50. The molecule has 0 bridgehead atoms. The summed E-state index contributed by atoms with van der Waals surface area (Å²) in [5.41, 5.74) is -0.534. The van der Waals surface area contributed by atoms with Crippen LogP contribution in [0.5, 0.6) is 0 Å². The van der Waals surface area contributed by atoms with Gasteiger partial charge in [-0.3, -0.25) is 0 Å². The third kappa shape index (κ3) is 2.35. The van der Waals surface area contributed by atoms with Gasteiger partial charge in [-0.1, -0.05) is 17.7 Å². The monoisotopic (exact) mass is 269 g/mol. The fourth-order valence-electron chi connectivity index (χ4n) is 2.18. The minimum absolute atomic E-state index is 0.0589. The Labute approximate surface area is 110 Å². The van der Waals surface area contributed by atoms with E-state index in [0.717, 1.165) is 6.42 Å². The quantitative estimate of drug-likeness (QED) is 0.898. The molecule has 0 radical (unpaired) electrons. The highest BCUT2D eigenvalue weighted by molar-refractivity contribution is 6.30. The van der Waals surface area contributed by atoms with Crippen molar-refractivity contribution in [3.63, 3.8) is 0 Å². The lowest BCUT2D eigenvalue weighted by atomic mass is 9.76. The van der Waals surface area contributed by atoms with Gasteiger partial charge in [0.25, 0.3) is 0 Å². The number of hydrogen-bond donors (Lipinski definition) is 1. The second kappa shape index (κ2) is 5.23. The molecule has 1 saturated heterocycles. The van der Waals surface area contributed by atoms with Crippen molar-refractivity contribution < 1.29 is 14.2 Å². The lowest BCUT2D eigenvalue weighted by Crippen LogP contribution is -2.36. The first-order valence-corrected chi connectivity index (χ1v) is 6.09. The maximum atomic E-state index is 13.1. The maximum absolute atomic E-state index is 13.1. The van der Waals surface area contributed by atoms with Crippen LogP contribution in [0.4, 0.5) is 4.39 Å². The molecule has 1 aromatic rings. The highest BCUT2D eigenvalue weighted by atomic mass is 35.5. The lowest BCUT2D eigenvalue weighted by Gasteiger charge is -2.35. The predicted molar refractivity (Wildman–Crippen MR) is 64.5 cm³/mol. The van der Waals surface area contributed by atoms with Gasteiger partial charge in [0.05, 0.1) is 23.8 Å². The van der Waals surface area contributed by atoms with Crippen LogP contribution in [0.3, 0.4) is 0 Å². The molecule has 1 fully saturated rings. The van der Waals surface area contributed by atoms with Crippen LogP contribution in [-0.4, -0.2) is 18.3 Å². The fraction of sp³-hybridized carbons (Fsp3) is 0.462. The van der Waals surface area contributed by atoms with Crippen LogP contribution in [0, 0.1) is 22.6 Å². The van der Waals surface area contributed by atoms with Gasteiger partial charge in [-0.2, -0.15) is 5.26 Å². The topological polar surface area (TPSA) is 53.2 Å². The molecule has 0 saturated carbocycles. The summed E-state index contributed by atoms with van der Waals surface area (Å²) in [6.45, 7) is 0.778. The molecule has 18 heavy (non-hydrogen) atoms. The SMILES string of the molecule is N#CC1(C(O)c2ccc(F)c(Cl)c2)CCCOC1. The molecule has 3 nitrogen and oxygen atoms in total. The van der Waals surface area contributed by atoms with Gasteiger partial charge in [-0.05, 0) is 30.5 Å². The molecule has 5 heteroatoms. The first kappa shape index (κ1) is 13.3. The van der Waals surface area contributed by atoms with Crippen LogP contribution in [0.1, 0.15) is 24.5 Å². The molecular weight excluding hydrogens is 257 g/mol. The number of benzene rings is 1. The molecule has 96 valence electrons. The Kier molecular flexibility index (Phi) is 3.86. The molecule has 2 unspecified atom stereocenters. The molecule has 2 atom stereocenters. The third-order valence-corrected chi connectivity index (χ3v) is 3.57. The number of aliphatic hydroxyl groups is 1. The Balaban J connectivity index is 2.31. The number of aliphatic hydroxyl groups excluding tert-OH is 1. The predicted octanol–water partition coefficient (Wildman–Crippen LogP) is 2.83. The van der Waals surface area contributed by atoms with Gasteiger partial charge in [0.15, 0.2) is 0 Å². The van der Waals surface area contributed by atoms with Crippen molar-refractivity contribution in [3.8, 4) is 6.07 Å². The van der Waals surface area contributed by atoms with Crippen molar-refractivity contribution in [2.75, 3.05) is 13.2 Å². The van der Waals surface area contributed by atoms with Gasteiger partial charge in [-0.15, -0.1) is 0 Å². The average molecular weight is 270 g/mol. The van der Waals surface area contributed by atoms with E-state index < -0.39 is 17.3 Å². The Bertz CT molecular complexity index is 480. The molecule has 2 rings (SSSR count). The van der Waals surface area contributed by atoms with E-state index >= 15 is 0 Å². The lowest BCUT2D eigenvalue weighted by molar-refractivity contribution is -0.0506. The summed E-state index contributed by atoms with van der Waals surface area (Å²) in [5.74, 6) is -0.543. The summed E-state index contributed by atoms with van der Waals surface area (Å²) < 4.78 is 18.4. The second-order valence-corrected chi connectivity index (χ2v) is 4.91. The zero-order valence-electron chi connectivity index (χ0n) is 9.70. The van der Waals surface area contributed by atoms with Crippen LogP contribution >= 0.6 is 11.6 Å². The highest BCUT2D eigenvalue weighted by Crippen LogP contribution is 2.40. The van der Waals surface area contributed by atoms with E-state index in [1.54, 1.807) is 0 Å². The van der Waals surface area contributed by atoms with Crippen LogP contribution in [0.15, 0.2) is 18.2 Å². The minimum Gasteiger partial charge on any atom is -0.387 e. The summed E-state index contributed by atoms with van der Waals surface area (Å²) in [6, 6.07) is 6.13. The summed E-state index contributed by atoms with van der Waals surface area (Å²) in [4.78, 5) is 0. The zero-order chi connectivity index (χ0) is 13.2. The van der Waals surface area contributed by atoms with Gasteiger partial charge in [0.2, 0.25) is 0 Å². The standard InChI is InChI=1S/C13H13ClFNO2/c14-10-6-9(2-3-11(10)15)12(17)13(7-16)4-1-5-18-8-13/h2-3,6,12,17H,1,4-5,8H2. The van der Waals surface area contributed by atoms with E-state index in [2.05, 4.69) is 6.07 Å². The largest absolute Gasteiger partial charge is 0.387 e. The molecule has 1 aliphatic heterocycles. The van der Waals surface area contributed by atoms with Crippen LogP contribution in [0.2, 0.25) is 5.02 Å². The van der Waals surface area contributed by atoms with Crippen molar-refractivity contribution in [3.05, 3.63) is 34.6 Å². The van der Waals surface area contributed by atoms with Crippen molar-refractivity contribution in [1.82, 2.24) is 0 Å². The average Bonchev–Trinajstić information content (AvgIpc) is 2.42. The van der Waals surface area contributed by atoms with Gasteiger partial charge >= 0.3 is 0 Å². The highest BCUT2D eigenvalue weighted by Gasteiger charge is 2.41. The third-order valence-electron chi connectivity index (χ3n) is 3.28. The Morgan fingerprint density at radius 1 is 1.56 bits per heavy atom. The molecule has 0 aliphatic carbocycles. The fourth-order valence-corrected chi connectivity index (χ4v) is 2.37. The molecule has 0 spiro atoms. The molecule has 1 heterocycles. The number of rotatable bonds is 2. The molecule has 0 aromatic heterocycles. The van der Waals surface area contributed by atoms with E-state index in [0.29, 0.717) is 18.6 Å². The van der Waals surface area contributed by atoms with Crippen molar-refractivity contribution in [2.24, 2.45) is 5.41 Å². The van der Waals surface area contributed by atoms with E-state index in [9.17, 15) is 14.8 Å². The van der Waals surface area contributed by atoms with Crippen molar-refractivity contribution >= 4 is 11.6 Å². The normalized spacial score (nSPS) is 25.4. The first-order valence-electron chi connectivity index (χ1n) is 5.71. The Hall–Kier alpha value is -1.15. The van der Waals surface area contributed by atoms with Gasteiger partial charge in [0, 0.05) is 6.61 Å². The Morgan fingerprint density at radius 2 is 2.33 bits per heavy atom. The molecule has 1 aromatic carbocycles. The summed E-state index contributed by atoms with van der Waals surface area (Å²) in [5, 5.41) is 19.6. The zero-order valence-corrected chi connectivity index (χ0v) is 10.5. The maximum Gasteiger partial charge on any atom is 0.141 e. The summed E-state index contributed by atoms with van der Waals surface area (Å²) in [7, 11) is 0. The van der Waals surface area contributed by atoms with Crippen LogP contribution < -0.4 is 0 Å².